The number of hydrogen-bond donors (Lipinski definition) is 1. The molecule has 14 heavy (non-hydrogen) atoms. The molecule has 2 rings (SSSR count). The van der Waals surface area contributed by atoms with Crippen molar-refractivity contribution in [2.24, 2.45) is 0 Å². The van der Waals surface area contributed by atoms with Crippen LogP contribution >= 0.6 is 0 Å². The lowest BCUT2D eigenvalue weighted by Crippen LogP contribution is -2.28. The third-order valence-electron chi connectivity index (χ3n) is 3.35. The Balaban J connectivity index is 2.11. The van der Waals surface area contributed by atoms with E-state index in [1.165, 1.54) is 12.8 Å². The molecular formula is C11H17NO2. The third-order valence-corrected chi connectivity index (χ3v) is 3.35. The van der Waals surface area contributed by atoms with Crippen molar-refractivity contribution < 1.29 is 9.90 Å². The lowest BCUT2D eigenvalue weighted by atomic mass is 10.1. The second kappa shape index (κ2) is 3.39. The number of rotatable bonds is 2. The number of carbonyl (C=O) groups is 1. The lowest BCUT2D eigenvalue weighted by molar-refractivity contribution is -0.132. The fraction of sp³-hybridized carbons (Fsp3) is 0.727. The van der Waals surface area contributed by atoms with E-state index in [1.54, 1.807) is 6.92 Å². The zero-order chi connectivity index (χ0) is 10.3. The second-order valence-corrected chi connectivity index (χ2v) is 4.49. The van der Waals surface area contributed by atoms with Crippen LogP contribution in [0.25, 0.3) is 0 Å². The highest BCUT2D eigenvalue weighted by Crippen LogP contribution is 2.35. The smallest absolute Gasteiger partial charge is 0.331 e. The summed E-state index contributed by atoms with van der Waals surface area (Å²) < 4.78 is 0. The van der Waals surface area contributed by atoms with E-state index < -0.39 is 5.97 Å². The third kappa shape index (κ3) is 1.69. The second-order valence-electron chi connectivity index (χ2n) is 4.49. The Bertz CT molecular complexity index is 292. The molecule has 1 aliphatic carbocycles. The quantitative estimate of drug-likeness (QED) is 0.681. The van der Waals surface area contributed by atoms with Gasteiger partial charge in [0.25, 0.3) is 0 Å². The van der Waals surface area contributed by atoms with Crippen LogP contribution < -0.4 is 0 Å². The van der Waals surface area contributed by atoms with Gasteiger partial charge in [-0.2, -0.15) is 0 Å². The maximum Gasteiger partial charge on any atom is 0.331 e. The number of aliphatic carboxylic acids is 1. The monoisotopic (exact) mass is 195 g/mol. The van der Waals surface area contributed by atoms with Crippen molar-refractivity contribution in [2.75, 3.05) is 6.54 Å². The van der Waals surface area contributed by atoms with Crippen LogP contribution in [0.1, 0.15) is 33.1 Å². The van der Waals surface area contributed by atoms with Gasteiger partial charge in [-0.15, -0.1) is 0 Å². The average Bonchev–Trinajstić information content (AvgIpc) is 2.89. The lowest BCUT2D eigenvalue weighted by Gasteiger charge is -2.19. The summed E-state index contributed by atoms with van der Waals surface area (Å²) in [5.74, 6) is -0.759. The van der Waals surface area contributed by atoms with Crippen LogP contribution in [0.5, 0.6) is 0 Å². The van der Waals surface area contributed by atoms with E-state index in [2.05, 4.69) is 11.8 Å². The molecule has 3 nitrogen and oxygen atoms in total. The predicted molar refractivity (Wildman–Crippen MR) is 54.1 cm³/mol. The van der Waals surface area contributed by atoms with E-state index in [9.17, 15) is 4.79 Å². The molecule has 1 saturated carbocycles. The van der Waals surface area contributed by atoms with Gasteiger partial charge in [-0.1, -0.05) is 0 Å². The molecule has 0 aromatic rings. The van der Waals surface area contributed by atoms with E-state index >= 15 is 0 Å². The van der Waals surface area contributed by atoms with E-state index in [0.717, 1.165) is 24.6 Å². The van der Waals surface area contributed by atoms with E-state index in [1.807, 2.05) is 0 Å². The summed E-state index contributed by atoms with van der Waals surface area (Å²) in [5.41, 5.74) is 1.68. The number of carboxylic acids is 1. The van der Waals surface area contributed by atoms with Gasteiger partial charge < -0.3 is 5.11 Å². The fourth-order valence-corrected chi connectivity index (χ4v) is 2.23. The summed E-state index contributed by atoms with van der Waals surface area (Å²) in [6, 6.07) is 1.27. The zero-order valence-corrected chi connectivity index (χ0v) is 8.79. The standard InChI is InChI=1S/C11H17NO2/c1-7-5-9(8(2)11(13)14)6-12(7)10-3-4-10/h7,10H,3-6H2,1-2H3,(H,13,14)/b9-8-. The largest absolute Gasteiger partial charge is 0.478 e. The Labute approximate surface area is 84.4 Å². The first-order valence-electron chi connectivity index (χ1n) is 5.27. The van der Waals surface area contributed by atoms with Gasteiger partial charge in [-0.3, -0.25) is 4.90 Å². The minimum Gasteiger partial charge on any atom is -0.478 e. The molecule has 0 bridgehead atoms. The highest BCUT2D eigenvalue weighted by molar-refractivity contribution is 5.87. The van der Waals surface area contributed by atoms with Gasteiger partial charge in [0.15, 0.2) is 0 Å². The Morgan fingerprint density at radius 1 is 1.50 bits per heavy atom. The van der Waals surface area contributed by atoms with E-state index in [4.69, 9.17) is 5.11 Å². The molecular weight excluding hydrogens is 178 g/mol. The molecule has 78 valence electrons. The van der Waals surface area contributed by atoms with Crippen LogP contribution in [-0.2, 0) is 4.79 Å². The van der Waals surface area contributed by atoms with Crippen molar-refractivity contribution >= 4 is 5.97 Å². The molecule has 1 saturated heterocycles. The summed E-state index contributed by atoms with van der Waals surface area (Å²) in [7, 11) is 0. The topological polar surface area (TPSA) is 40.5 Å². The maximum atomic E-state index is 10.8. The molecule has 3 heteroatoms. The highest BCUT2D eigenvalue weighted by atomic mass is 16.4. The fourth-order valence-electron chi connectivity index (χ4n) is 2.23. The minimum atomic E-state index is -0.759. The Morgan fingerprint density at radius 3 is 2.64 bits per heavy atom. The molecule has 1 unspecified atom stereocenters. The van der Waals surface area contributed by atoms with Gasteiger partial charge in [-0.05, 0) is 38.7 Å². The normalized spacial score (nSPS) is 32.0. The van der Waals surface area contributed by atoms with Gasteiger partial charge in [0.05, 0.1) is 0 Å². The van der Waals surface area contributed by atoms with E-state index in [0.29, 0.717) is 11.6 Å². The van der Waals surface area contributed by atoms with Crippen molar-refractivity contribution in [3.8, 4) is 0 Å². The van der Waals surface area contributed by atoms with Gasteiger partial charge in [0, 0.05) is 24.2 Å². The van der Waals surface area contributed by atoms with Gasteiger partial charge in [0.2, 0.25) is 0 Å². The van der Waals surface area contributed by atoms with Crippen LogP contribution in [0.2, 0.25) is 0 Å². The molecule has 1 N–H and O–H groups in total. The zero-order valence-electron chi connectivity index (χ0n) is 8.79. The average molecular weight is 195 g/mol. The molecule has 2 aliphatic rings. The summed E-state index contributed by atoms with van der Waals surface area (Å²) in [6.07, 6.45) is 3.53. The molecule has 1 atom stereocenters. The Morgan fingerprint density at radius 2 is 2.14 bits per heavy atom. The molecule has 0 radical (unpaired) electrons. The molecule has 0 amide bonds. The summed E-state index contributed by atoms with van der Waals surface area (Å²) in [6.45, 7) is 4.80. The molecule has 0 aromatic heterocycles. The SMILES string of the molecule is C/C(C(=O)O)=C1\CC(C)N(C2CC2)C1. The van der Waals surface area contributed by atoms with Crippen molar-refractivity contribution in [2.45, 2.75) is 45.2 Å². The van der Waals surface area contributed by atoms with Crippen molar-refractivity contribution in [1.82, 2.24) is 4.90 Å². The van der Waals surface area contributed by atoms with Gasteiger partial charge in [0.1, 0.15) is 0 Å². The Hall–Kier alpha value is -0.830. The number of likely N-dealkylation sites (tertiary alicyclic amines) is 1. The van der Waals surface area contributed by atoms with Crippen LogP contribution in [0.15, 0.2) is 11.1 Å². The highest BCUT2D eigenvalue weighted by Gasteiger charge is 2.37. The first-order chi connectivity index (χ1) is 6.59. The van der Waals surface area contributed by atoms with Gasteiger partial charge in [-0.25, -0.2) is 4.79 Å². The summed E-state index contributed by atoms with van der Waals surface area (Å²) in [4.78, 5) is 13.3. The molecule has 0 aromatic carbocycles. The first kappa shape index (κ1) is 9.71. The molecule has 1 heterocycles. The minimum absolute atomic E-state index is 0.534. The van der Waals surface area contributed by atoms with Crippen molar-refractivity contribution in [3.63, 3.8) is 0 Å². The number of nitrogens with zero attached hydrogens (tertiary/aromatic N) is 1. The van der Waals surface area contributed by atoms with Crippen LogP contribution in [0.4, 0.5) is 0 Å². The number of hydrogen-bond acceptors (Lipinski definition) is 2. The Kier molecular flexibility index (Phi) is 2.35. The maximum absolute atomic E-state index is 10.8. The first-order valence-corrected chi connectivity index (χ1v) is 5.27. The van der Waals surface area contributed by atoms with Gasteiger partial charge >= 0.3 is 5.97 Å². The molecule has 0 spiro atoms. The van der Waals surface area contributed by atoms with Crippen LogP contribution in [0, 0.1) is 0 Å². The molecule has 1 aliphatic heterocycles. The van der Waals surface area contributed by atoms with Crippen molar-refractivity contribution in [1.29, 1.82) is 0 Å². The predicted octanol–water partition coefficient (Wildman–Crippen LogP) is 1.64. The van der Waals surface area contributed by atoms with Crippen LogP contribution in [-0.4, -0.2) is 34.6 Å². The molecule has 2 fully saturated rings. The summed E-state index contributed by atoms with van der Waals surface area (Å²) >= 11 is 0. The van der Waals surface area contributed by atoms with Crippen molar-refractivity contribution in [3.05, 3.63) is 11.1 Å². The van der Waals surface area contributed by atoms with Crippen LogP contribution in [0.3, 0.4) is 0 Å². The number of carboxylic acid groups (broad SMARTS) is 1. The summed E-state index contributed by atoms with van der Waals surface area (Å²) in [5, 5.41) is 8.89. The van der Waals surface area contributed by atoms with E-state index in [-0.39, 0.29) is 0 Å².